The van der Waals surface area contributed by atoms with Crippen molar-refractivity contribution < 1.29 is 9.84 Å². The molecule has 18 heavy (non-hydrogen) atoms. The molecule has 0 saturated heterocycles. The maximum Gasteiger partial charge on any atom is 0.119 e. The average Bonchev–Trinajstić information content (AvgIpc) is 2.74. The molecule has 1 aromatic carbocycles. The molecule has 1 aliphatic carbocycles. The zero-order valence-electron chi connectivity index (χ0n) is 11.1. The van der Waals surface area contributed by atoms with Crippen molar-refractivity contribution in [2.45, 2.75) is 38.1 Å². The van der Waals surface area contributed by atoms with Gasteiger partial charge in [-0.1, -0.05) is 24.1 Å². The molecule has 1 saturated carbocycles. The molecule has 2 atom stereocenters. The van der Waals surface area contributed by atoms with E-state index in [0.717, 1.165) is 31.4 Å². The van der Waals surface area contributed by atoms with Gasteiger partial charge in [0.1, 0.15) is 5.75 Å². The van der Waals surface area contributed by atoms with E-state index in [1.54, 1.807) is 0 Å². The molecule has 0 bridgehead atoms. The maximum absolute atomic E-state index is 9.38. The van der Waals surface area contributed by atoms with E-state index in [-0.39, 0.29) is 12.1 Å². The highest BCUT2D eigenvalue weighted by Crippen LogP contribution is 2.35. The lowest BCUT2D eigenvalue weighted by atomic mass is 9.87. The molecule has 3 heteroatoms. The SMILES string of the molecule is Cc1ccc(OCCC2CCCC2(N)CO)cc1. The fourth-order valence-corrected chi connectivity index (χ4v) is 2.76. The molecule has 3 N–H and O–H groups in total. The minimum Gasteiger partial charge on any atom is -0.494 e. The van der Waals surface area contributed by atoms with Crippen molar-refractivity contribution in [3.63, 3.8) is 0 Å². The Balaban J connectivity index is 1.80. The summed E-state index contributed by atoms with van der Waals surface area (Å²) in [6, 6.07) is 8.08. The lowest BCUT2D eigenvalue weighted by Crippen LogP contribution is -2.47. The predicted octanol–water partition coefficient (Wildman–Crippen LogP) is 2.25. The summed E-state index contributed by atoms with van der Waals surface area (Å²) >= 11 is 0. The predicted molar refractivity (Wildman–Crippen MR) is 72.6 cm³/mol. The molecule has 1 fully saturated rings. The van der Waals surface area contributed by atoms with Crippen LogP contribution in [-0.4, -0.2) is 23.9 Å². The molecule has 1 aromatic rings. The molecule has 0 spiro atoms. The van der Waals surface area contributed by atoms with Gasteiger partial charge in [0.2, 0.25) is 0 Å². The van der Waals surface area contributed by atoms with Crippen LogP contribution in [0, 0.1) is 12.8 Å². The summed E-state index contributed by atoms with van der Waals surface area (Å²) in [5, 5.41) is 9.38. The van der Waals surface area contributed by atoms with Gasteiger partial charge in [-0.2, -0.15) is 0 Å². The maximum atomic E-state index is 9.38. The number of hydrogen-bond acceptors (Lipinski definition) is 3. The van der Waals surface area contributed by atoms with E-state index in [0.29, 0.717) is 12.5 Å². The zero-order chi connectivity index (χ0) is 13.0. The molecule has 2 unspecified atom stereocenters. The molecule has 0 aliphatic heterocycles. The standard InChI is InChI=1S/C15H23NO2/c1-12-4-6-14(7-5-12)18-10-8-13-3-2-9-15(13,16)11-17/h4-7,13,17H,2-3,8-11,16H2,1H3. The van der Waals surface area contributed by atoms with Crippen LogP contribution in [-0.2, 0) is 0 Å². The van der Waals surface area contributed by atoms with Gasteiger partial charge in [-0.15, -0.1) is 0 Å². The Hall–Kier alpha value is -1.06. The van der Waals surface area contributed by atoms with Crippen LogP contribution in [0.25, 0.3) is 0 Å². The van der Waals surface area contributed by atoms with Gasteiger partial charge in [0.15, 0.2) is 0 Å². The Morgan fingerprint density at radius 2 is 2.11 bits per heavy atom. The van der Waals surface area contributed by atoms with Gasteiger partial charge in [0, 0.05) is 5.54 Å². The minimum absolute atomic E-state index is 0.0855. The number of rotatable bonds is 5. The number of aliphatic hydroxyl groups excluding tert-OH is 1. The summed E-state index contributed by atoms with van der Waals surface area (Å²) in [6.07, 6.45) is 4.07. The quantitative estimate of drug-likeness (QED) is 0.841. The monoisotopic (exact) mass is 249 g/mol. The average molecular weight is 249 g/mol. The fourth-order valence-electron chi connectivity index (χ4n) is 2.76. The summed E-state index contributed by atoms with van der Waals surface area (Å²) in [5.41, 5.74) is 7.05. The first-order valence-corrected chi connectivity index (χ1v) is 6.73. The van der Waals surface area contributed by atoms with Crippen LogP contribution in [0.4, 0.5) is 0 Å². The number of hydrogen-bond donors (Lipinski definition) is 2. The normalized spacial score (nSPS) is 27.4. The molecule has 0 amide bonds. The Labute approximate surface area is 109 Å². The highest BCUT2D eigenvalue weighted by atomic mass is 16.5. The van der Waals surface area contributed by atoms with Gasteiger partial charge in [-0.25, -0.2) is 0 Å². The lowest BCUT2D eigenvalue weighted by molar-refractivity contribution is 0.143. The molecule has 100 valence electrons. The van der Waals surface area contributed by atoms with E-state index in [1.165, 1.54) is 5.56 Å². The van der Waals surface area contributed by atoms with Gasteiger partial charge < -0.3 is 15.6 Å². The molecule has 2 rings (SSSR count). The first-order chi connectivity index (χ1) is 8.64. The van der Waals surface area contributed by atoms with E-state index >= 15 is 0 Å². The first-order valence-electron chi connectivity index (χ1n) is 6.73. The number of nitrogens with two attached hydrogens (primary N) is 1. The van der Waals surface area contributed by atoms with Crippen molar-refractivity contribution in [2.24, 2.45) is 11.7 Å². The van der Waals surface area contributed by atoms with Crippen LogP contribution in [0.5, 0.6) is 5.75 Å². The molecule has 0 heterocycles. The smallest absolute Gasteiger partial charge is 0.119 e. The van der Waals surface area contributed by atoms with Gasteiger partial charge in [0.05, 0.1) is 13.2 Å². The van der Waals surface area contributed by atoms with E-state index in [9.17, 15) is 5.11 Å². The highest BCUT2D eigenvalue weighted by Gasteiger charge is 2.38. The molecule has 0 radical (unpaired) electrons. The second kappa shape index (κ2) is 5.72. The van der Waals surface area contributed by atoms with Crippen LogP contribution in [0.3, 0.4) is 0 Å². The van der Waals surface area contributed by atoms with Crippen LogP contribution in [0.15, 0.2) is 24.3 Å². The molecule has 0 aromatic heterocycles. The Bertz CT molecular complexity index is 377. The van der Waals surface area contributed by atoms with Crippen molar-refractivity contribution in [1.29, 1.82) is 0 Å². The van der Waals surface area contributed by atoms with E-state index in [4.69, 9.17) is 10.5 Å². The second-order valence-electron chi connectivity index (χ2n) is 5.43. The third-order valence-corrected chi connectivity index (χ3v) is 4.06. The summed E-state index contributed by atoms with van der Waals surface area (Å²) in [7, 11) is 0. The van der Waals surface area contributed by atoms with Gasteiger partial charge in [-0.05, 0) is 44.2 Å². The van der Waals surface area contributed by atoms with Crippen LogP contribution in [0.2, 0.25) is 0 Å². The number of benzene rings is 1. The van der Waals surface area contributed by atoms with Crippen molar-refractivity contribution in [2.75, 3.05) is 13.2 Å². The fraction of sp³-hybridized carbons (Fsp3) is 0.600. The summed E-state index contributed by atoms with van der Waals surface area (Å²) in [4.78, 5) is 0. The van der Waals surface area contributed by atoms with Crippen LogP contribution < -0.4 is 10.5 Å². The molecule has 3 nitrogen and oxygen atoms in total. The third-order valence-electron chi connectivity index (χ3n) is 4.06. The zero-order valence-corrected chi connectivity index (χ0v) is 11.1. The Kier molecular flexibility index (Phi) is 4.25. The van der Waals surface area contributed by atoms with Crippen LogP contribution >= 0.6 is 0 Å². The van der Waals surface area contributed by atoms with Crippen molar-refractivity contribution in [1.82, 2.24) is 0 Å². The largest absolute Gasteiger partial charge is 0.494 e. The highest BCUT2D eigenvalue weighted by molar-refractivity contribution is 5.26. The second-order valence-corrected chi connectivity index (χ2v) is 5.43. The molecular weight excluding hydrogens is 226 g/mol. The summed E-state index contributed by atoms with van der Waals surface area (Å²) in [5.74, 6) is 1.29. The van der Waals surface area contributed by atoms with Crippen molar-refractivity contribution >= 4 is 0 Å². The van der Waals surface area contributed by atoms with E-state index in [2.05, 4.69) is 6.92 Å². The van der Waals surface area contributed by atoms with Crippen LogP contribution in [0.1, 0.15) is 31.2 Å². The van der Waals surface area contributed by atoms with Gasteiger partial charge in [-0.3, -0.25) is 0 Å². The van der Waals surface area contributed by atoms with Crippen molar-refractivity contribution in [3.8, 4) is 5.75 Å². The number of ether oxygens (including phenoxy) is 1. The Morgan fingerprint density at radius 3 is 2.78 bits per heavy atom. The molecule has 1 aliphatic rings. The minimum atomic E-state index is -0.378. The number of aryl methyl sites for hydroxylation is 1. The van der Waals surface area contributed by atoms with Crippen molar-refractivity contribution in [3.05, 3.63) is 29.8 Å². The Morgan fingerprint density at radius 1 is 1.39 bits per heavy atom. The lowest BCUT2D eigenvalue weighted by Gasteiger charge is -2.29. The van der Waals surface area contributed by atoms with Gasteiger partial charge >= 0.3 is 0 Å². The van der Waals surface area contributed by atoms with E-state index < -0.39 is 0 Å². The van der Waals surface area contributed by atoms with E-state index in [1.807, 2.05) is 24.3 Å². The summed E-state index contributed by atoms with van der Waals surface area (Å²) < 4.78 is 5.72. The topological polar surface area (TPSA) is 55.5 Å². The summed E-state index contributed by atoms with van der Waals surface area (Å²) in [6.45, 7) is 2.82. The number of aliphatic hydroxyl groups is 1. The van der Waals surface area contributed by atoms with Gasteiger partial charge in [0.25, 0.3) is 0 Å². The third kappa shape index (κ3) is 3.03. The first kappa shape index (κ1) is 13.4. The molecular formula is C15H23NO2.